The standard InChI is InChI=1S/C58H40N2S/c1-2-14-40(15-3-1)48-37-30-42(47-22-12-17-39-16-4-5-18-46(39)47)38-56(48)59(43-31-28-41(29-32-43)49-23-13-24-53-52-21-8-11-27-57(52)61-58(49)53)44-33-35-45(36-34-44)60-54-25-9-6-19-50(54)51-20-7-10-26-55(51)60/h1-6,8-19,21-38H,7,20H2. The Morgan fingerprint density at radius 3 is 1.95 bits per heavy atom. The maximum atomic E-state index is 2.45. The van der Waals surface area contributed by atoms with Gasteiger partial charge in [-0.3, -0.25) is 0 Å². The van der Waals surface area contributed by atoms with Crippen LogP contribution in [0.1, 0.15) is 17.7 Å². The van der Waals surface area contributed by atoms with Gasteiger partial charge < -0.3 is 9.47 Å². The summed E-state index contributed by atoms with van der Waals surface area (Å²) in [6, 6.07) is 75.9. The first-order valence-corrected chi connectivity index (χ1v) is 22.0. The number of rotatable bonds is 7. The number of aromatic nitrogens is 1. The van der Waals surface area contributed by atoms with Crippen molar-refractivity contribution in [1.29, 1.82) is 0 Å². The summed E-state index contributed by atoms with van der Waals surface area (Å²) in [5.41, 5.74) is 15.7. The first-order chi connectivity index (χ1) is 30.3. The molecule has 0 fully saturated rings. The topological polar surface area (TPSA) is 8.17 Å². The fourth-order valence-corrected chi connectivity index (χ4v) is 10.9. The van der Waals surface area contributed by atoms with Crippen LogP contribution in [-0.2, 0) is 6.42 Å². The molecule has 0 bridgehead atoms. The number of hydrogen-bond donors (Lipinski definition) is 0. The molecule has 1 aliphatic rings. The van der Waals surface area contributed by atoms with Gasteiger partial charge in [0.1, 0.15) is 0 Å². The number of allylic oxidation sites excluding steroid dienone is 1. The number of aryl methyl sites for hydroxylation is 1. The van der Waals surface area contributed by atoms with E-state index in [4.69, 9.17) is 0 Å². The largest absolute Gasteiger partial charge is 0.310 e. The molecule has 3 heteroatoms. The minimum absolute atomic E-state index is 1.06. The molecular formula is C58H40N2S. The second kappa shape index (κ2) is 14.7. The summed E-state index contributed by atoms with van der Waals surface area (Å²) < 4.78 is 5.08. The number of nitrogens with zero attached hydrogens (tertiary/aromatic N) is 2. The summed E-state index contributed by atoms with van der Waals surface area (Å²) in [5, 5.41) is 6.46. The van der Waals surface area contributed by atoms with Crippen LogP contribution in [0.2, 0.25) is 0 Å². The van der Waals surface area contributed by atoms with Crippen molar-refractivity contribution >= 4 is 76.3 Å². The molecule has 0 aliphatic heterocycles. The number of para-hydroxylation sites is 1. The van der Waals surface area contributed by atoms with E-state index in [1.165, 1.54) is 86.5 Å². The van der Waals surface area contributed by atoms with Crippen LogP contribution in [0.5, 0.6) is 0 Å². The van der Waals surface area contributed by atoms with Crippen LogP contribution in [0.15, 0.2) is 212 Å². The SMILES string of the molecule is C1=Cc2c(c3ccccc3n2-c2ccc(N(c3ccc(-c4cccc5c4sc4ccccc45)cc3)c3cc(-c4cccc5ccccc45)ccc3-c3ccccc3)cc2)CC1. The smallest absolute Gasteiger partial charge is 0.0546 e. The third-order valence-electron chi connectivity index (χ3n) is 12.5. The van der Waals surface area contributed by atoms with Gasteiger partial charge in [0.25, 0.3) is 0 Å². The molecule has 9 aromatic carbocycles. The lowest BCUT2D eigenvalue weighted by Crippen LogP contribution is -2.12. The molecule has 0 saturated carbocycles. The predicted molar refractivity (Wildman–Crippen MR) is 262 cm³/mol. The van der Waals surface area contributed by atoms with Crippen molar-refractivity contribution in [2.24, 2.45) is 0 Å². The third kappa shape index (κ3) is 6.00. The van der Waals surface area contributed by atoms with E-state index in [9.17, 15) is 0 Å². The van der Waals surface area contributed by atoms with E-state index in [-0.39, 0.29) is 0 Å². The predicted octanol–water partition coefficient (Wildman–Crippen LogP) is 16.6. The molecule has 2 nitrogen and oxygen atoms in total. The summed E-state index contributed by atoms with van der Waals surface area (Å²) in [4.78, 5) is 2.45. The Balaban J connectivity index is 1.05. The second-order valence-corrected chi connectivity index (χ2v) is 17.0. The van der Waals surface area contributed by atoms with Gasteiger partial charge in [-0.1, -0.05) is 158 Å². The average molecular weight is 797 g/mol. The van der Waals surface area contributed by atoms with Crippen LogP contribution in [0.4, 0.5) is 17.1 Å². The molecule has 0 amide bonds. The maximum Gasteiger partial charge on any atom is 0.0546 e. The molecule has 12 rings (SSSR count). The lowest BCUT2D eigenvalue weighted by atomic mass is 9.94. The van der Waals surface area contributed by atoms with Gasteiger partial charge >= 0.3 is 0 Å². The third-order valence-corrected chi connectivity index (χ3v) is 13.7. The Morgan fingerprint density at radius 2 is 1.10 bits per heavy atom. The fraction of sp³-hybridized carbons (Fsp3) is 0.0345. The van der Waals surface area contributed by atoms with E-state index in [0.29, 0.717) is 0 Å². The molecule has 61 heavy (non-hydrogen) atoms. The van der Waals surface area contributed by atoms with Crippen molar-refractivity contribution in [2.45, 2.75) is 12.8 Å². The Kier molecular flexibility index (Phi) is 8.53. The minimum Gasteiger partial charge on any atom is -0.310 e. The summed E-state index contributed by atoms with van der Waals surface area (Å²) >= 11 is 1.88. The fourth-order valence-electron chi connectivity index (χ4n) is 9.63. The van der Waals surface area contributed by atoms with Crippen LogP contribution in [0, 0.1) is 0 Å². The Bertz CT molecular complexity index is 3460. The molecule has 0 atom stereocenters. The van der Waals surface area contributed by atoms with E-state index in [0.717, 1.165) is 35.6 Å². The molecule has 0 N–H and O–H groups in total. The Morgan fingerprint density at radius 1 is 0.459 bits per heavy atom. The number of thiophene rings is 1. The summed E-state index contributed by atoms with van der Waals surface area (Å²) in [7, 11) is 0. The summed E-state index contributed by atoms with van der Waals surface area (Å²) in [6.45, 7) is 0. The number of benzene rings is 9. The van der Waals surface area contributed by atoms with Gasteiger partial charge in [-0.2, -0.15) is 0 Å². The van der Waals surface area contributed by atoms with E-state index in [2.05, 4.69) is 228 Å². The monoisotopic (exact) mass is 796 g/mol. The van der Waals surface area contributed by atoms with Crippen molar-refractivity contribution < 1.29 is 0 Å². The first kappa shape index (κ1) is 35.5. The van der Waals surface area contributed by atoms with Gasteiger partial charge in [0.2, 0.25) is 0 Å². The number of hydrogen-bond acceptors (Lipinski definition) is 2. The van der Waals surface area contributed by atoms with Crippen LogP contribution < -0.4 is 4.90 Å². The molecule has 2 heterocycles. The van der Waals surface area contributed by atoms with E-state index < -0.39 is 0 Å². The van der Waals surface area contributed by atoms with Crippen LogP contribution >= 0.6 is 11.3 Å². The second-order valence-electron chi connectivity index (χ2n) is 16.0. The lowest BCUT2D eigenvalue weighted by molar-refractivity contribution is 0.967. The van der Waals surface area contributed by atoms with Crippen LogP contribution in [0.25, 0.3) is 87.0 Å². The zero-order valence-corrected chi connectivity index (χ0v) is 34.3. The summed E-state index contributed by atoms with van der Waals surface area (Å²) in [5.74, 6) is 0. The highest BCUT2D eigenvalue weighted by molar-refractivity contribution is 7.26. The lowest BCUT2D eigenvalue weighted by Gasteiger charge is -2.29. The molecule has 2 aromatic heterocycles. The van der Waals surface area contributed by atoms with Gasteiger partial charge in [-0.15, -0.1) is 11.3 Å². The molecule has 288 valence electrons. The number of anilines is 3. The van der Waals surface area contributed by atoms with Crippen LogP contribution in [0.3, 0.4) is 0 Å². The molecule has 11 aromatic rings. The quantitative estimate of drug-likeness (QED) is 0.156. The minimum atomic E-state index is 1.06. The highest BCUT2D eigenvalue weighted by atomic mass is 32.1. The normalized spacial score (nSPS) is 12.4. The molecular weight excluding hydrogens is 757 g/mol. The van der Waals surface area contributed by atoms with Crippen LogP contribution in [-0.4, -0.2) is 4.57 Å². The van der Waals surface area contributed by atoms with Gasteiger partial charge in [-0.25, -0.2) is 0 Å². The Labute approximate surface area is 359 Å². The van der Waals surface area contributed by atoms with E-state index >= 15 is 0 Å². The van der Waals surface area contributed by atoms with Crippen molar-refractivity contribution in [3.63, 3.8) is 0 Å². The highest BCUT2D eigenvalue weighted by Crippen LogP contribution is 2.46. The Hall–Kier alpha value is -7.46. The van der Waals surface area contributed by atoms with Gasteiger partial charge in [0.05, 0.1) is 11.2 Å². The molecule has 0 saturated heterocycles. The first-order valence-electron chi connectivity index (χ1n) is 21.1. The van der Waals surface area contributed by atoms with E-state index in [1.54, 1.807) is 0 Å². The molecule has 0 radical (unpaired) electrons. The highest BCUT2D eigenvalue weighted by Gasteiger charge is 2.22. The van der Waals surface area contributed by atoms with Crippen molar-refractivity contribution in [1.82, 2.24) is 4.57 Å². The zero-order chi connectivity index (χ0) is 40.3. The molecule has 0 unspecified atom stereocenters. The van der Waals surface area contributed by atoms with Gasteiger partial charge in [0, 0.05) is 53.9 Å². The van der Waals surface area contributed by atoms with Gasteiger partial charge in [-0.05, 0) is 118 Å². The van der Waals surface area contributed by atoms with Crippen molar-refractivity contribution in [3.8, 4) is 39.1 Å². The van der Waals surface area contributed by atoms with Crippen molar-refractivity contribution in [3.05, 3.63) is 224 Å². The van der Waals surface area contributed by atoms with E-state index in [1.807, 2.05) is 11.3 Å². The van der Waals surface area contributed by atoms with Gasteiger partial charge in [0.15, 0.2) is 0 Å². The average Bonchev–Trinajstić information content (AvgIpc) is 3.88. The molecule has 0 spiro atoms. The zero-order valence-electron chi connectivity index (χ0n) is 33.5. The van der Waals surface area contributed by atoms with Crippen molar-refractivity contribution in [2.75, 3.05) is 4.90 Å². The number of fused-ring (bicyclic) bond motifs is 7. The molecule has 1 aliphatic carbocycles. The summed E-state index contributed by atoms with van der Waals surface area (Å²) in [6.07, 6.45) is 6.76. The maximum absolute atomic E-state index is 2.45.